The average Bonchev–Trinajstić information content (AvgIpc) is 2.68. The van der Waals surface area contributed by atoms with Crippen molar-refractivity contribution in [3.05, 3.63) is 21.4 Å². The highest BCUT2D eigenvalue weighted by atomic mass is 32.1. The van der Waals surface area contributed by atoms with Gasteiger partial charge in [0.1, 0.15) is 0 Å². The lowest BCUT2D eigenvalue weighted by Crippen LogP contribution is -2.27. The van der Waals surface area contributed by atoms with Crippen molar-refractivity contribution in [2.24, 2.45) is 0 Å². The number of amides is 1. The lowest BCUT2D eigenvalue weighted by Gasteiger charge is -2.15. The number of thiophene rings is 1. The van der Waals surface area contributed by atoms with E-state index in [-0.39, 0.29) is 12.3 Å². The molecule has 0 aromatic carbocycles. The fourth-order valence-corrected chi connectivity index (χ4v) is 2.84. The fraction of sp³-hybridized carbons (Fsp3) is 0.538. The number of hydrogen-bond acceptors (Lipinski definition) is 3. The minimum Gasteiger partial charge on any atom is -0.481 e. The third-order valence-electron chi connectivity index (χ3n) is 2.78. The highest BCUT2D eigenvalue weighted by molar-refractivity contribution is 7.14. The summed E-state index contributed by atoms with van der Waals surface area (Å²) in [6.45, 7) is 4.56. The summed E-state index contributed by atoms with van der Waals surface area (Å²) in [5, 5.41) is 8.55. The summed E-state index contributed by atoms with van der Waals surface area (Å²) in [5.74, 6) is -0.843. The van der Waals surface area contributed by atoms with E-state index in [0.717, 1.165) is 16.9 Å². The molecule has 5 heteroatoms. The quantitative estimate of drug-likeness (QED) is 0.863. The van der Waals surface area contributed by atoms with Crippen molar-refractivity contribution < 1.29 is 14.7 Å². The summed E-state index contributed by atoms with van der Waals surface area (Å²) in [6, 6.07) is 1.92. The van der Waals surface area contributed by atoms with Gasteiger partial charge in [-0.05, 0) is 31.4 Å². The molecular weight excluding hydrogens is 250 g/mol. The van der Waals surface area contributed by atoms with E-state index >= 15 is 0 Å². The van der Waals surface area contributed by atoms with Gasteiger partial charge in [-0.3, -0.25) is 9.59 Å². The Morgan fingerprint density at radius 2 is 2.11 bits per heavy atom. The summed E-state index contributed by atoms with van der Waals surface area (Å²) in [6.07, 6.45) is 1.52. The number of hydrogen-bond donors (Lipinski definition) is 1. The normalized spacial score (nSPS) is 10.4. The van der Waals surface area contributed by atoms with Crippen molar-refractivity contribution in [1.82, 2.24) is 4.90 Å². The summed E-state index contributed by atoms with van der Waals surface area (Å²) >= 11 is 1.53. The number of aryl methyl sites for hydroxylation is 2. The van der Waals surface area contributed by atoms with Crippen LogP contribution in [-0.4, -0.2) is 35.5 Å². The van der Waals surface area contributed by atoms with E-state index in [1.807, 2.05) is 13.0 Å². The van der Waals surface area contributed by atoms with Crippen LogP contribution in [0.2, 0.25) is 0 Å². The van der Waals surface area contributed by atoms with E-state index in [0.29, 0.717) is 13.0 Å². The third-order valence-corrected chi connectivity index (χ3v) is 4.15. The Morgan fingerprint density at radius 1 is 1.44 bits per heavy atom. The van der Waals surface area contributed by atoms with Crippen LogP contribution in [0, 0.1) is 6.92 Å². The molecule has 0 saturated heterocycles. The maximum absolute atomic E-state index is 12.1. The molecule has 100 valence electrons. The number of aliphatic carboxylic acids is 1. The second kappa shape index (κ2) is 6.54. The molecule has 0 unspecified atom stereocenters. The average molecular weight is 269 g/mol. The van der Waals surface area contributed by atoms with Crippen molar-refractivity contribution in [3.8, 4) is 0 Å². The van der Waals surface area contributed by atoms with Crippen LogP contribution < -0.4 is 0 Å². The van der Waals surface area contributed by atoms with Crippen LogP contribution in [0.5, 0.6) is 0 Å². The molecule has 1 heterocycles. The molecule has 1 aromatic heterocycles. The molecule has 0 bridgehead atoms. The molecule has 0 saturated carbocycles. The van der Waals surface area contributed by atoms with Crippen molar-refractivity contribution in [1.29, 1.82) is 0 Å². The van der Waals surface area contributed by atoms with E-state index in [1.165, 1.54) is 16.2 Å². The van der Waals surface area contributed by atoms with E-state index in [1.54, 1.807) is 11.9 Å². The SMILES string of the molecule is CCc1sc(C(=O)N(C)CCCC(=O)O)cc1C. The summed E-state index contributed by atoms with van der Waals surface area (Å²) in [4.78, 5) is 26.1. The highest BCUT2D eigenvalue weighted by Gasteiger charge is 2.15. The van der Waals surface area contributed by atoms with Crippen LogP contribution in [-0.2, 0) is 11.2 Å². The maximum atomic E-state index is 12.1. The molecule has 0 radical (unpaired) electrons. The monoisotopic (exact) mass is 269 g/mol. The van der Waals surface area contributed by atoms with Crippen LogP contribution in [0.15, 0.2) is 6.07 Å². The van der Waals surface area contributed by atoms with Gasteiger partial charge in [0.2, 0.25) is 0 Å². The number of nitrogens with zero attached hydrogens (tertiary/aromatic N) is 1. The Hall–Kier alpha value is -1.36. The number of carboxylic acid groups (broad SMARTS) is 1. The highest BCUT2D eigenvalue weighted by Crippen LogP contribution is 2.23. The van der Waals surface area contributed by atoms with E-state index in [2.05, 4.69) is 6.92 Å². The van der Waals surface area contributed by atoms with Crippen molar-refractivity contribution >= 4 is 23.2 Å². The molecule has 0 fully saturated rings. The molecule has 0 aliphatic heterocycles. The number of carbonyl (C=O) groups excluding carboxylic acids is 1. The number of carbonyl (C=O) groups is 2. The molecule has 0 aliphatic carbocycles. The molecule has 18 heavy (non-hydrogen) atoms. The summed E-state index contributed by atoms with van der Waals surface area (Å²) in [7, 11) is 1.71. The Balaban J connectivity index is 2.59. The smallest absolute Gasteiger partial charge is 0.303 e. The molecule has 0 spiro atoms. The van der Waals surface area contributed by atoms with Gasteiger partial charge in [0.15, 0.2) is 0 Å². The zero-order valence-corrected chi connectivity index (χ0v) is 11.8. The van der Waals surface area contributed by atoms with Gasteiger partial charge >= 0.3 is 5.97 Å². The van der Waals surface area contributed by atoms with Gasteiger partial charge in [0.25, 0.3) is 5.91 Å². The maximum Gasteiger partial charge on any atom is 0.303 e. The molecule has 0 atom stereocenters. The van der Waals surface area contributed by atoms with Gasteiger partial charge in [-0.1, -0.05) is 6.92 Å². The lowest BCUT2D eigenvalue weighted by atomic mass is 10.2. The summed E-state index contributed by atoms with van der Waals surface area (Å²) in [5.41, 5.74) is 1.16. The van der Waals surface area contributed by atoms with Crippen molar-refractivity contribution in [2.45, 2.75) is 33.1 Å². The first kappa shape index (κ1) is 14.7. The molecular formula is C13H19NO3S. The van der Waals surface area contributed by atoms with Gasteiger partial charge in [0, 0.05) is 24.9 Å². The fourth-order valence-electron chi connectivity index (χ4n) is 1.73. The van der Waals surface area contributed by atoms with Gasteiger partial charge in [-0.15, -0.1) is 11.3 Å². The Labute approximate surface area is 111 Å². The van der Waals surface area contributed by atoms with Gasteiger partial charge in [-0.25, -0.2) is 0 Å². The summed E-state index contributed by atoms with van der Waals surface area (Å²) < 4.78 is 0. The first-order chi connectivity index (χ1) is 8.45. The van der Waals surface area contributed by atoms with Crippen LogP contribution >= 0.6 is 11.3 Å². The minimum absolute atomic E-state index is 0.0202. The van der Waals surface area contributed by atoms with E-state index in [4.69, 9.17) is 5.11 Å². The minimum atomic E-state index is -0.823. The largest absolute Gasteiger partial charge is 0.481 e. The number of carboxylic acids is 1. The lowest BCUT2D eigenvalue weighted by molar-refractivity contribution is -0.137. The third kappa shape index (κ3) is 3.84. The van der Waals surface area contributed by atoms with E-state index in [9.17, 15) is 9.59 Å². The van der Waals surface area contributed by atoms with Gasteiger partial charge < -0.3 is 10.0 Å². The molecule has 4 nitrogen and oxygen atoms in total. The van der Waals surface area contributed by atoms with Crippen molar-refractivity contribution in [3.63, 3.8) is 0 Å². The molecule has 1 rings (SSSR count). The first-order valence-electron chi connectivity index (χ1n) is 6.02. The predicted octanol–water partition coefficient (Wildman–Crippen LogP) is 2.56. The van der Waals surface area contributed by atoms with Crippen LogP contribution in [0.1, 0.15) is 39.9 Å². The van der Waals surface area contributed by atoms with Crippen LogP contribution in [0.4, 0.5) is 0 Å². The Bertz CT molecular complexity index is 439. The Morgan fingerprint density at radius 3 is 2.61 bits per heavy atom. The van der Waals surface area contributed by atoms with Gasteiger partial charge in [0.05, 0.1) is 4.88 Å². The van der Waals surface area contributed by atoms with E-state index < -0.39 is 5.97 Å². The second-order valence-electron chi connectivity index (χ2n) is 4.29. The van der Waals surface area contributed by atoms with Gasteiger partial charge in [-0.2, -0.15) is 0 Å². The molecule has 0 aliphatic rings. The molecule has 1 amide bonds. The van der Waals surface area contributed by atoms with Crippen LogP contribution in [0.3, 0.4) is 0 Å². The topological polar surface area (TPSA) is 57.6 Å². The predicted molar refractivity (Wildman–Crippen MR) is 72.3 cm³/mol. The first-order valence-corrected chi connectivity index (χ1v) is 6.84. The molecule has 1 aromatic rings. The Kier molecular flexibility index (Phi) is 5.34. The molecule has 1 N–H and O–H groups in total. The van der Waals surface area contributed by atoms with Crippen LogP contribution in [0.25, 0.3) is 0 Å². The zero-order chi connectivity index (χ0) is 13.7. The number of rotatable bonds is 6. The second-order valence-corrected chi connectivity index (χ2v) is 5.43. The standard InChI is InChI=1S/C13H19NO3S/c1-4-10-9(2)8-11(18-10)13(17)14(3)7-5-6-12(15)16/h8H,4-7H2,1-3H3,(H,15,16). The zero-order valence-electron chi connectivity index (χ0n) is 11.0. The van der Waals surface area contributed by atoms with Crippen molar-refractivity contribution in [2.75, 3.05) is 13.6 Å².